The first-order valence-electron chi connectivity index (χ1n) is 8.49. The van der Waals surface area contributed by atoms with Gasteiger partial charge < -0.3 is 10.6 Å². The molecule has 4 nitrogen and oxygen atoms in total. The van der Waals surface area contributed by atoms with Crippen molar-refractivity contribution in [2.24, 2.45) is 0 Å². The predicted molar refractivity (Wildman–Crippen MR) is 99.2 cm³/mol. The number of halogens is 2. The number of benzene rings is 2. The van der Waals surface area contributed by atoms with E-state index >= 15 is 0 Å². The Kier molecular flexibility index (Phi) is 6.09. The molecule has 2 N–H and O–H groups in total. The zero-order chi connectivity index (χ0) is 18.2. The topological polar surface area (TPSA) is 49.8 Å². The second kappa shape index (κ2) is 8.89. The molecule has 134 valence electrons. The summed E-state index contributed by atoms with van der Waals surface area (Å²) >= 11 is 0. The number of aromatic nitrogens is 2. The second-order valence-corrected chi connectivity index (χ2v) is 5.87. The van der Waals surface area contributed by atoms with Crippen molar-refractivity contribution in [3.63, 3.8) is 0 Å². The van der Waals surface area contributed by atoms with Crippen LogP contribution in [0.3, 0.4) is 0 Å². The van der Waals surface area contributed by atoms with Crippen molar-refractivity contribution in [2.75, 3.05) is 23.7 Å². The van der Waals surface area contributed by atoms with Gasteiger partial charge in [0.05, 0.1) is 0 Å². The molecule has 0 atom stereocenters. The van der Waals surface area contributed by atoms with Gasteiger partial charge in [-0.25, -0.2) is 13.8 Å². The molecule has 1 heterocycles. The van der Waals surface area contributed by atoms with Crippen LogP contribution in [0.5, 0.6) is 0 Å². The van der Waals surface area contributed by atoms with E-state index in [1.54, 1.807) is 36.5 Å². The van der Waals surface area contributed by atoms with Crippen LogP contribution >= 0.6 is 0 Å². The highest BCUT2D eigenvalue weighted by Crippen LogP contribution is 2.08. The van der Waals surface area contributed by atoms with Gasteiger partial charge in [-0.2, -0.15) is 4.98 Å². The van der Waals surface area contributed by atoms with Gasteiger partial charge in [-0.1, -0.05) is 24.3 Å². The molecule has 0 fully saturated rings. The first-order valence-corrected chi connectivity index (χ1v) is 8.49. The van der Waals surface area contributed by atoms with Crippen molar-refractivity contribution in [1.29, 1.82) is 0 Å². The average Bonchev–Trinajstić information content (AvgIpc) is 2.65. The first kappa shape index (κ1) is 17.8. The fourth-order valence-electron chi connectivity index (χ4n) is 2.50. The summed E-state index contributed by atoms with van der Waals surface area (Å²) in [5.74, 6) is 0.809. The highest BCUT2D eigenvalue weighted by molar-refractivity contribution is 5.39. The van der Waals surface area contributed by atoms with E-state index in [1.807, 2.05) is 0 Å². The Bertz CT molecular complexity index is 753. The number of anilines is 2. The van der Waals surface area contributed by atoms with Crippen molar-refractivity contribution in [3.8, 4) is 0 Å². The molecule has 3 rings (SSSR count). The van der Waals surface area contributed by atoms with Crippen molar-refractivity contribution < 1.29 is 8.78 Å². The lowest BCUT2D eigenvalue weighted by atomic mass is 10.1. The monoisotopic (exact) mass is 354 g/mol. The fourth-order valence-corrected chi connectivity index (χ4v) is 2.50. The van der Waals surface area contributed by atoms with E-state index in [2.05, 4.69) is 20.6 Å². The lowest BCUT2D eigenvalue weighted by Crippen LogP contribution is -2.11. The van der Waals surface area contributed by atoms with Gasteiger partial charge in [-0.3, -0.25) is 0 Å². The molecule has 0 spiro atoms. The van der Waals surface area contributed by atoms with Gasteiger partial charge in [-0.15, -0.1) is 0 Å². The Morgan fingerprint density at radius 2 is 1.23 bits per heavy atom. The van der Waals surface area contributed by atoms with E-state index in [4.69, 9.17) is 0 Å². The maximum Gasteiger partial charge on any atom is 0.224 e. The predicted octanol–water partition coefficient (Wildman–Crippen LogP) is 4.06. The number of nitrogens with one attached hydrogen (secondary N) is 2. The summed E-state index contributed by atoms with van der Waals surface area (Å²) in [7, 11) is 0. The van der Waals surface area contributed by atoms with Crippen LogP contribution in [0, 0.1) is 11.6 Å². The third-order valence-corrected chi connectivity index (χ3v) is 3.90. The molecule has 0 saturated heterocycles. The molecule has 26 heavy (non-hydrogen) atoms. The van der Waals surface area contributed by atoms with Crippen molar-refractivity contribution >= 4 is 11.8 Å². The third-order valence-electron chi connectivity index (χ3n) is 3.90. The lowest BCUT2D eigenvalue weighted by Gasteiger charge is -2.09. The largest absolute Gasteiger partial charge is 0.370 e. The summed E-state index contributed by atoms with van der Waals surface area (Å²) in [6.07, 6.45) is 3.22. The molecule has 0 aliphatic carbocycles. The van der Waals surface area contributed by atoms with Crippen LogP contribution in [-0.2, 0) is 12.8 Å². The Labute approximate surface area is 151 Å². The highest BCUT2D eigenvalue weighted by Gasteiger charge is 2.00. The molecule has 0 amide bonds. The fraction of sp³-hybridized carbons (Fsp3) is 0.200. The van der Waals surface area contributed by atoms with Gasteiger partial charge in [0.15, 0.2) is 0 Å². The van der Waals surface area contributed by atoms with Crippen LogP contribution in [0.15, 0.2) is 60.8 Å². The number of hydrogen-bond donors (Lipinski definition) is 2. The van der Waals surface area contributed by atoms with Gasteiger partial charge in [0.25, 0.3) is 0 Å². The molecule has 0 unspecified atom stereocenters. The van der Waals surface area contributed by atoms with E-state index in [1.165, 1.54) is 24.3 Å². The van der Waals surface area contributed by atoms with Crippen LogP contribution in [0.1, 0.15) is 11.1 Å². The van der Waals surface area contributed by atoms with Gasteiger partial charge in [0.1, 0.15) is 17.5 Å². The Morgan fingerprint density at radius 1 is 0.692 bits per heavy atom. The summed E-state index contributed by atoms with van der Waals surface area (Å²) < 4.78 is 25.8. The standard InChI is InChI=1S/C20H20F2N4/c21-17-5-1-15(2-6-17)9-12-23-19-11-14-25-20(26-19)24-13-10-16-3-7-18(22)8-4-16/h1-8,11,14H,9-10,12-13H2,(H2,23,24,25,26). The second-order valence-electron chi connectivity index (χ2n) is 5.87. The van der Waals surface area contributed by atoms with Gasteiger partial charge in [-0.05, 0) is 54.3 Å². The smallest absolute Gasteiger partial charge is 0.224 e. The minimum Gasteiger partial charge on any atom is -0.370 e. The lowest BCUT2D eigenvalue weighted by molar-refractivity contribution is 0.626. The minimum atomic E-state index is -0.232. The van der Waals surface area contributed by atoms with Crippen molar-refractivity contribution in [3.05, 3.63) is 83.6 Å². The van der Waals surface area contributed by atoms with E-state index in [9.17, 15) is 8.78 Å². The van der Waals surface area contributed by atoms with Gasteiger partial charge in [0, 0.05) is 19.3 Å². The van der Waals surface area contributed by atoms with Gasteiger partial charge >= 0.3 is 0 Å². The van der Waals surface area contributed by atoms with Crippen LogP contribution in [0.4, 0.5) is 20.5 Å². The molecule has 0 radical (unpaired) electrons. The Morgan fingerprint density at radius 3 is 1.81 bits per heavy atom. The number of rotatable bonds is 8. The normalized spacial score (nSPS) is 10.5. The molecule has 0 saturated carbocycles. The summed E-state index contributed by atoms with van der Waals surface area (Å²) in [4.78, 5) is 8.61. The number of nitrogens with zero attached hydrogens (tertiary/aromatic N) is 2. The molecule has 3 aromatic rings. The van der Waals surface area contributed by atoms with Crippen molar-refractivity contribution in [2.45, 2.75) is 12.8 Å². The van der Waals surface area contributed by atoms with E-state index < -0.39 is 0 Å². The summed E-state index contributed by atoms with van der Waals surface area (Å²) in [5, 5.41) is 6.40. The molecular weight excluding hydrogens is 334 g/mol. The van der Waals surface area contributed by atoms with Crippen LogP contribution in [0.25, 0.3) is 0 Å². The third kappa shape index (κ3) is 5.51. The molecule has 2 aromatic carbocycles. The molecule has 6 heteroatoms. The maximum atomic E-state index is 12.9. The maximum absolute atomic E-state index is 12.9. The summed E-state index contributed by atoms with van der Waals surface area (Å²) in [5.41, 5.74) is 2.11. The SMILES string of the molecule is Fc1ccc(CCNc2ccnc(NCCc3ccc(F)cc3)n2)cc1. The molecule has 0 aliphatic rings. The Balaban J connectivity index is 1.45. The van der Waals surface area contributed by atoms with Crippen LogP contribution in [-0.4, -0.2) is 23.1 Å². The van der Waals surface area contributed by atoms with Crippen LogP contribution < -0.4 is 10.6 Å². The molecule has 1 aromatic heterocycles. The van der Waals surface area contributed by atoms with E-state index in [-0.39, 0.29) is 11.6 Å². The average molecular weight is 354 g/mol. The van der Waals surface area contributed by atoms with E-state index in [0.717, 1.165) is 29.8 Å². The highest BCUT2D eigenvalue weighted by atomic mass is 19.1. The zero-order valence-corrected chi connectivity index (χ0v) is 14.3. The zero-order valence-electron chi connectivity index (χ0n) is 14.3. The van der Waals surface area contributed by atoms with Gasteiger partial charge in [0.2, 0.25) is 5.95 Å². The summed E-state index contributed by atoms with van der Waals surface area (Å²) in [6.45, 7) is 1.35. The van der Waals surface area contributed by atoms with Crippen molar-refractivity contribution in [1.82, 2.24) is 9.97 Å². The summed E-state index contributed by atoms with van der Waals surface area (Å²) in [6, 6.07) is 14.7. The minimum absolute atomic E-state index is 0.228. The van der Waals surface area contributed by atoms with E-state index in [0.29, 0.717) is 19.0 Å². The molecular formula is C20H20F2N4. The van der Waals surface area contributed by atoms with Crippen LogP contribution in [0.2, 0.25) is 0 Å². The quantitative estimate of drug-likeness (QED) is 0.640. The number of hydrogen-bond acceptors (Lipinski definition) is 4. The molecule has 0 aliphatic heterocycles. The molecule has 0 bridgehead atoms. The first-order chi connectivity index (χ1) is 12.7. The Hall–Kier alpha value is -3.02.